The SMILES string of the molecule is CCNC(=NCc1cccc(F)c1)NCC(=O)Nc1ccc(O)cc1.I. The molecule has 0 aliphatic heterocycles. The summed E-state index contributed by atoms with van der Waals surface area (Å²) in [6.07, 6.45) is 0. The minimum absolute atomic E-state index is 0. The molecule has 0 fully saturated rings. The summed E-state index contributed by atoms with van der Waals surface area (Å²) >= 11 is 0. The lowest BCUT2D eigenvalue weighted by Gasteiger charge is -2.11. The van der Waals surface area contributed by atoms with Crippen molar-refractivity contribution >= 4 is 41.5 Å². The van der Waals surface area contributed by atoms with E-state index in [2.05, 4.69) is 20.9 Å². The van der Waals surface area contributed by atoms with E-state index in [-0.39, 0.29) is 48.0 Å². The average molecular weight is 472 g/mol. The number of nitrogens with zero attached hydrogens (tertiary/aromatic N) is 1. The second-order valence-corrected chi connectivity index (χ2v) is 5.27. The summed E-state index contributed by atoms with van der Waals surface area (Å²) in [5.41, 5.74) is 1.33. The van der Waals surface area contributed by atoms with Crippen molar-refractivity contribution in [3.63, 3.8) is 0 Å². The van der Waals surface area contributed by atoms with E-state index >= 15 is 0 Å². The average Bonchev–Trinajstić information content (AvgIpc) is 2.59. The summed E-state index contributed by atoms with van der Waals surface area (Å²) in [5.74, 6) is 0.0450. The molecular weight excluding hydrogens is 450 g/mol. The molecule has 0 atom stereocenters. The van der Waals surface area contributed by atoms with Gasteiger partial charge in [-0.2, -0.15) is 0 Å². The van der Waals surface area contributed by atoms with Crippen molar-refractivity contribution in [3.8, 4) is 5.75 Å². The summed E-state index contributed by atoms with van der Waals surface area (Å²) in [6.45, 7) is 2.87. The maximum absolute atomic E-state index is 13.2. The first kappa shape index (κ1) is 21.7. The molecule has 0 saturated heterocycles. The Hall–Kier alpha value is -2.36. The number of phenolic OH excluding ortho intramolecular Hbond substituents is 1. The van der Waals surface area contributed by atoms with Gasteiger partial charge in [0.1, 0.15) is 11.6 Å². The number of phenols is 1. The predicted molar refractivity (Wildman–Crippen MR) is 111 cm³/mol. The van der Waals surface area contributed by atoms with E-state index in [4.69, 9.17) is 0 Å². The van der Waals surface area contributed by atoms with Crippen LogP contribution in [0.3, 0.4) is 0 Å². The third-order valence-corrected chi connectivity index (χ3v) is 3.22. The highest BCUT2D eigenvalue weighted by molar-refractivity contribution is 14.0. The standard InChI is InChI=1S/C18H21FN4O2.HI/c1-2-20-18(21-11-13-4-3-5-14(19)10-13)22-12-17(25)23-15-6-8-16(24)9-7-15;/h3-10,24H,2,11-12H2,1H3,(H,23,25)(H2,20,21,22);1H. The molecular formula is C18H22FIN4O2. The molecule has 1 amide bonds. The highest BCUT2D eigenvalue weighted by atomic mass is 127. The summed E-state index contributed by atoms with van der Waals surface area (Å²) in [7, 11) is 0. The van der Waals surface area contributed by atoms with Crippen molar-refractivity contribution in [1.82, 2.24) is 10.6 Å². The zero-order valence-electron chi connectivity index (χ0n) is 14.3. The predicted octanol–water partition coefficient (Wildman–Crippen LogP) is 2.84. The highest BCUT2D eigenvalue weighted by Crippen LogP contribution is 2.13. The molecule has 0 radical (unpaired) electrons. The number of halogens is 2. The molecule has 0 heterocycles. The van der Waals surface area contributed by atoms with Crippen LogP contribution in [0.2, 0.25) is 0 Å². The number of anilines is 1. The zero-order chi connectivity index (χ0) is 18.1. The number of aliphatic imine (C=N–C) groups is 1. The minimum atomic E-state index is -0.307. The number of guanidine groups is 1. The zero-order valence-corrected chi connectivity index (χ0v) is 16.7. The van der Waals surface area contributed by atoms with Gasteiger partial charge in [0, 0.05) is 12.2 Å². The quantitative estimate of drug-likeness (QED) is 0.226. The number of amides is 1. The lowest BCUT2D eigenvalue weighted by atomic mass is 10.2. The van der Waals surface area contributed by atoms with E-state index < -0.39 is 0 Å². The van der Waals surface area contributed by atoms with Crippen LogP contribution in [0.25, 0.3) is 0 Å². The van der Waals surface area contributed by atoms with Crippen molar-refractivity contribution in [2.24, 2.45) is 4.99 Å². The Kier molecular flexibility index (Phi) is 9.42. The van der Waals surface area contributed by atoms with E-state index in [1.807, 2.05) is 6.92 Å². The number of nitrogens with one attached hydrogen (secondary N) is 3. The maximum Gasteiger partial charge on any atom is 0.243 e. The molecule has 2 aromatic rings. The van der Waals surface area contributed by atoms with Gasteiger partial charge in [0.05, 0.1) is 13.1 Å². The molecule has 0 bridgehead atoms. The lowest BCUT2D eigenvalue weighted by Crippen LogP contribution is -2.41. The fraction of sp³-hybridized carbons (Fsp3) is 0.222. The van der Waals surface area contributed by atoms with Crippen LogP contribution in [0.5, 0.6) is 5.75 Å². The van der Waals surface area contributed by atoms with E-state index in [0.29, 0.717) is 24.7 Å². The number of carbonyl (C=O) groups is 1. The lowest BCUT2D eigenvalue weighted by molar-refractivity contribution is -0.115. The Morgan fingerprint density at radius 1 is 1.15 bits per heavy atom. The number of benzene rings is 2. The van der Waals surface area contributed by atoms with Crippen LogP contribution in [0.4, 0.5) is 10.1 Å². The van der Waals surface area contributed by atoms with Crippen LogP contribution in [0.15, 0.2) is 53.5 Å². The molecule has 0 unspecified atom stereocenters. The summed E-state index contributed by atoms with van der Waals surface area (Å²) in [6, 6.07) is 12.4. The fourth-order valence-electron chi connectivity index (χ4n) is 2.06. The fourth-order valence-corrected chi connectivity index (χ4v) is 2.06. The first-order valence-corrected chi connectivity index (χ1v) is 7.92. The smallest absolute Gasteiger partial charge is 0.243 e. The van der Waals surface area contributed by atoms with Crippen molar-refractivity contribution in [2.45, 2.75) is 13.5 Å². The number of rotatable bonds is 6. The number of hydrogen-bond donors (Lipinski definition) is 4. The second kappa shape index (κ2) is 11.3. The molecule has 2 aromatic carbocycles. The Bertz CT molecular complexity index is 738. The van der Waals surface area contributed by atoms with Gasteiger partial charge in [-0.15, -0.1) is 24.0 Å². The van der Waals surface area contributed by atoms with Gasteiger partial charge in [0.15, 0.2) is 5.96 Å². The molecule has 8 heteroatoms. The summed E-state index contributed by atoms with van der Waals surface area (Å²) in [4.78, 5) is 16.3. The molecule has 26 heavy (non-hydrogen) atoms. The molecule has 4 N–H and O–H groups in total. The van der Waals surface area contributed by atoms with Crippen LogP contribution in [-0.2, 0) is 11.3 Å². The van der Waals surface area contributed by atoms with Gasteiger partial charge in [-0.3, -0.25) is 4.79 Å². The number of hydrogen-bond acceptors (Lipinski definition) is 3. The number of carbonyl (C=O) groups excluding carboxylic acids is 1. The molecule has 0 aliphatic rings. The molecule has 0 aliphatic carbocycles. The molecule has 2 rings (SSSR count). The van der Waals surface area contributed by atoms with E-state index in [0.717, 1.165) is 5.56 Å². The Morgan fingerprint density at radius 3 is 2.54 bits per heavy atom. The van der Waals surface area contributed by atoms with Gasteiger partial charge in [-0.1, -0.05) is 12.1 Å². The van der Waals surface area contributed by atoms with E-state index in [1.54, 1.807) is 24.3 Å². The second-order valence-electron chi connectivity index (χ2n) is 5.27. The number of aromatic hydroxyl groups is 1. The van der Waals surface area contributed by atoms with Crippen molar-refractivity contribution < 1.29 is 14.3 Å². The maximum atomic E-state index is 13.2. The van der Waals surface area contributed by atoms with Crippen molar-refractivity contribution in [2.75, 3.05) is 18.4 Å². The van der Waals surface area contributed by atoms with Gasteiger partial charge in [0.25, 0.3) is 0 Å². The molecule has 6 nitrogen and oxygen atoms in total. The van der Waals surface area contributed by atoms with Crippen LogP contribution in [0.1, 0.15) is 12.5 Å². The van der Waals surface area contributed by atoms with Crippen LogP contribution in [-0.4, -0.2) is 30.1 Å². The Morgan fingerprint density at radius 2 is 1.88 bits per heavy atom. The Labute approximate surface area is 168 Å². The van der Waals surface area contributed by atoms with Crippen molar-refractivity contribution in [3.05, 3.63) is 59.9 Å². The molecule has 0 saturated carbocycles. The van der Waals surface area contributed by atoms with Gasteiger partial charge < -0.3 is 21.1 Å². The monoisotopic (exact) mass is 472 g/mol. The third kappa shape index (κ3) is 7.68. The van der Waals surface area contributed by atoms with Crippen molar-refractivity contribution in [1.29, 1.82) is 0 Å². The Balaban J connectivity index is 0.00000338. The summed E-state index contributed by atoms with van der Waals surface area (Å²) in [5, 5.41) is 17.9. The summed E-state index contributed by atoms with van der Waals surface area (Å²) < 4.78 is 13.2. The van der Waals surface area contributed by atoms with E-state index in [1.165, 1.54) is 24.3 Å². The largest absolute Gasteiger partial charge is 0.508 e. The molecule has 140 valence electrons. The first-order chi connectivity index (χ1) is 12.1. The van der Waals surface area contributed by atoms with Crippen LogP contribution in [0, 0.1) is 5.82 Å². The molecule has 0 spiro atoms. The molecule has 0 aromatic heterocycles. The van der Waals surface area contributed by atoms with E-state index in [9.17, 15) is 14.3 Å². The van der Waals surface area contributed by atoms with Gasteiger partial charge in [-0.25, -0.2) is 9.38 Å². The minimum Gasteiger partial charge on any atom is -0.508 e. The third-order valence-electron chi connectivity index (χ3n) is 3.22. The van der Waals surface area contributed by atoms with Crippen LogP contribution < -0.4 is 16.0 Å². The topological polar surface area (TPSA) is 85.8 Å². The van der Waals surface area contributed by atoms with Gasteiger partial charge in [0.2, 0.25) is 5.91 Å². The first-order valence-electron chi connectivity index (χ1n) is 7.92. The van der Waals surface area contributed by atoms with Gasteiger partial charge >= 0.3 is 0 Å². The van der Waals surface area contributed by atoms with Gasteiger partial charge in [-0.05, 0) is 48.9 Å². The van der Waals surface area contributed by atoms with Crippen LogP contribution >= 0.6 is 24.0 Å². The highest BCUT2D eigenvalue weighted by Gasteiger charge is 2.05. The normalized spacial score (nSPS) is 10.6.